The second kappa shape index (κ2) is 9.65. The molecular formula is C21H27N3O3S2. The summed E-state index contributed by atoms with van der Waals surface area (Å²) in [6, 6.07) is 12.8. The highest BCUT2D eigenvalue weighted by molar-refractivity contribution is 7.98. The van der Waals surface area contributed by atoms with Gasteiger partial charge in [-0.1, -0.05) is 12.1 Å². The molecule has 2 N–H and O–H groups in total. The molecule has 2 aromatic carbocycles. The van der Waals surface area contributed by atoms with Gasteiger partial charge in [0.2, 0.25) is 15.9 Å². The molecule has 1 saturated heterocycles. The monoisotopic (exact) mass is 433 g/mol. The highest BCUT2D eigenvalue weighted by Crippen LogP contribution is 2.28. The van der Waals surface area contributed by atoms with Gasteiger partial charge in [0.15, 0.2) is 0 Å². The predicted molar refractivity (Wildman–Crippen MR) is 119 cm³/mol. The van der Waals surface area contributed by atoms with E-state index in [1.807, 2.05) is 18.4 Å². The Kier molecular flexibility index (Phi) is 7.21. The van der Waals surface area contributed by atoms with Crippen LogP contribution in [0.15, 0.2) is 52.3 Å². The molecule has 0 aromatic heterocycles. The lowest BCUT2D eigenvalue weighted by atomic mass is 10.1. The Balaban J connectivity index is 1.68. The first kappa shape index (κ1) is 21.7. The van der Waals surface area contributed by atoms with Crippen LogP contribution in [0.1, 0.15) is 31.7 Å². The van der Waals surface area contributed by atoms with Gasteiger partial charge in [-0.2, -0.15) is 0 Å². The van der Waals surface area contributed by atoms with Crippen LogP contribution in [-0.4, -0.2) is 33.7 Å². The maximum atomic E-state index is 12.7. The molecule has 0 spiro atoms. The van der Waals surface area contributed by atoms with Crippen molar-refractivity contribution in [3.63, 3.8) is 0 Å². The zero-order valence-corrected chi connectivity index (χ0v) is 18.4. The standard InChI is InChI=1S/C21H27N3O3S2/c1-16(25)23-20-14-19(10-11-21(20)28-2)29(26,27)22-15-17-6-8-18(9-7-17)24-12-4-3-5-13-24/h6-11,14,22H,3-5,12-13,15H2,1-2H3,(H,23,25). The number of anilines is 2. The van der Waals surface area contributed by atoms with Crippen LogP contribution in [0.5, 0.6) is 0 Å². The van der Waals surface area contributed by atoms with E-state index in [2.05, 4.69) is 27.1 Å². The summed E-state index contributed by atoms with van der Waals surface area (Å²) in [5, 5.41) is 2.69. The van der Waals surface area contributed by atoms with Gasteiger partial charge < -0.3 is 10.2 Å². The average Bonchev–Trinajstić information content (AvgIpc) is 2.73. The molecule has 1 amide bonds. The second-order valence-electron chi connectivity index (χ2n) is 7.08. The van der Waals surface area contributed by atoms with Gasteiger partial charge in [0.1, 0.15) is 0 Å². The number of amides is 1. The van der Waals surface area contributed by atoms with Gasteiger partial charge in [-0.25, -0.2) is 13.1 Å². The number of nitrogens with one attached hydrogen (secondary N) is 2. The van der Waals surface area contributed by atoms with E-state index in [4.69, 9.17) is 0 Å². The predicted octanol–water partition coefficient (Wildman–Crippen LogP) is 3.84. The van der Waals surface area contributed by atoms with Crippen LogP contribution in [0, 0.1) is 0 Å². The molecule has 3 rings (SSSR count). The number of rotatable bonds is 7. The number of thioether (sulfide) groups is 1. The Bertz CT molecular complexity index is 954. The van der Waals surface area contributed by atoms with Crippen molar-refractivity contribution in [2.24, 2.45) is 0 Å². The number of benzene rings is 2. The van der Waals surface area contributed by atoms with E-state index in [1.54, 1.807) is 12.1 Å². The Labute approximate surface area is 177 Å². The first-order valence-electron chi connectivity index (χ1n) is 9.68. The van der Waals surface area contributed by atoms with Gasteiger partial charge in [0.25, 0.3) is 0 Å². The van der Waals surface area contributed by atoms with Crippen LogP contribution in [0.25, 0.3) is 0 Å². The van der Waals surface area contributed by atoms with Crippen molar-refractivity contribution < 1.29 is 13.2 Å². The van der Waals surface area contributed by atoms with Gasteiger partial charge in [0.05, 0.1) is 10.6 Å². The smallest absolute Gasteiger partial charge is 0.240 e. The van der Waals surface area contributed by atoms with Gasteiger partial charge in [-0.05, 0) is 61.4 Å². The molecule has 8 heteroatoms. The number of carbonyl (C=O) groups is 1. The lowest BCUT2D eigenvalue weighted by Crippen LogP contribution is -2.29. The molecule has 156 valence electrons. The van der Waals surface area contributed by atoms with Crippen molar-refractivity contribution in [2.45, 2.75) is 42.5 Å². The summed E-state index contributed by atoms with van der Waals surface area (Å²) in [4.78, 5) is 14.7. The first-order valence-corrected chi connectivity index (χ1v) is 12.4. The Morgan fingerprint density at radius 2 is 1.76 bits per heavy atom. The lowest BCUT2D eigenvalue weighted by Gasteiger charge is -2.28. The molecule has 6 nitrogen and oxygen atoms in total. The van der Waals surface area contributed by atoms with E-state index >= 15 is 0 Å². The number of piperidine rings is 1. The molecular weight excluding hydrogens is 406 g/mol. The van der Waals surface area contributed by atoms with Crippen molar-refractivity contribution in [1.82, 2.24) is 4.72 Å². The van der Waals surface area contributed by atoms with Gasteiger partial charge in [0, 0.05) is 37.1 Å². The summed E-state index contributed by atoms with van der Waals surface area (Å²) < 4.78 is 28.1. The van der Waals surface area contributed by atoms with Gasteiger partial charge >= 0.3 is 0 Å². The SMILES string of the molecule is CSc1ccc(S(=O)(=O)NCc2ccc(N3CCCCC3)cc2)cc1NC(C)=O. The maximum absolute atomic E-state index is 12.7. The van der Waals surface area contributed by atoms with Crippen molar-refractivity contribution in [2.75, 3.05) is 29.6 Å². The average molecular weight is 434 g/mol. The van der Waals surface area contributed by atoms with Gasteiger partial charge in [-0.3, -0.25) is 4.79 Å². The van der Waals surface area contributed by atoms with Crippen LogP contribution in [-0.2, 0) is 21.4 Å². The Morgan fingerprint density at radius 3 is 2.38 bits per heavy atom. The zero-order valence-electron chi connectivity index (χ0n) is 16.8. The highest BCUT2D eigenvalue weighted by atomic mass is 32.2. The molecule has 1 aliphatic heterocycles. The van der Waals surface area contributed by atoms with Crippen LogP contribution < -0.4 is 14.9 Å². The van der Waals surface area contributed by atoms with E-state index in [-0.39, 0.29) is 17.3 Å². The Morgan fingerprint density at radius 1 is 1.07 bits per heavy atom. The number of nitrogens with zero attached hydrogens (tertiary/aromatic N) is 1. The molecule has 0 unspecified atom stereocenters. The fraction of sp³-hybridized carbons (Fsp3) is 0.381. The van der Waals surface area contributed by atoms with Crippen LogP contribution in [0.3, 0.4) is 0 Å². The van der Waals surface area contributed by atoms with E-state index < -0.39 is 10.0 Å². The second-order valence-corrected chi connectivity index (χ2v) is 9.70. The molecule has 0 saturated carbocycles. The van der Waals surface area contributed by atoms with E-state index in [0.29, 0.717) is 5.69 Å². The fourth-order valence-corrected chi connectivity index (χ4v) is 4.96. The summed E-state index contributed by atoms with van der Waals surface area (Å²) in [6.07, 6.45) is 5.60. The van der Waals surface area contributed by atoms with Crippen LogP contribution >= 0.6 is 11.8 Å². The molecule has 0 atom stereocenters. The number of sulfonamides is 1. The van der Waals surface area contributed by atoms with Gasteiger partial charge in [-0.15, -0.1) is 11.8 Å². The zero-order chi connectivity index (χ0) is 20.9. The third-order valence-corrected chi connectivity index (χ3v) is 7.11. The molecule has 1 aliphatic rings. The molecule has 29 heavy (non-hydrogen) atoms. The van der Waals surface area contributed by atoms with Crippen molar-refractivity contribution in [3.8, 4) is 0 Å². The minimum atomic E-state index is -3.69. The Hall–Kier alpha value is -2.03. The summed E-state index contributed by atoms with van der Waals surface area (Å²) in [5.41, 5.74) is 2.58. The molecule has 2 aromatic rings. The summed E-state index contributed by atoms with van der Waals surface area (Å²) >= 11 is 1.45. The minimum Gasteiger partial charge on any atom is -0.372 e. The van der Waals surface area contributed by atoms with Crippen molar-refractivity contribution in [3.05, 3.63) is 48.0 Å². The molecule has 0 bridgehead atoms. The highest BCUT2D eigenvalue weighted by Gasteiger charge is 2.17. The topological polar surface area (TPSA) is 78.5 Å². The van der Waals surface area contributed by atoms with E-state index in [0.717, 1.165) is 23.5 Å². The summed E-state index contributed by atoms with van der Waals surface area (Å²) in [7, 11) is -3.69. The molecule has 1 heterocycles. The maximum Gasteiger partial charge on any atom is 0.240 e. The normalized spacial score (nSPS) is 14.6. The van der Waals surface area contributed by atoms with E-state index in [1.165, 1.54) is 49.7 Å². The van der Waals surface area contributed by atoms with Crippen molar-refractivity contribution >= 4 is 39.1 Å². The number of hydrogen-bond donors (Lipinski definition) is 2. The first-order chi connectivity index (χ1) is 13.9. The summed E-state index contributed by atoms with van der Waals surface area (Å²) in [5.74, 6) is -0.239. The third-order valence-electron chi connectivity index (χ3n) is 4.92. The summed E-state index contributed by atoms with van der Waals surface area (Å²) in [6.45, 7) is 3.77. The number of carbonyl (C=O) groups excluding carboxylic acids is 1. The third kappa shape index (κ3) is 5.74. The van der Waals surface area contributed by atoms with Crippen LogP contribution in [0.2, 0.25) is 0 Å². The number of hydrogen-bond acceptors (Lipinski definition) is 5. The molecule has 0 aliphatic carbocycles. The largest absolute Gasteiger partial charge is 0.372 e. The van der Waals surface area contributed by atoms with Crippen molar-refractivity contribution in [1.29, 1.82) is 0 Å². The van der Waals surface area contributed by atoms with E-state index in [9.17, 15) is 13.2 Å². The van der Waals surface area contributed by atoms with Crippen LogP contribution in [0.4, 0.5) is 11.4 Å². The molecule has 1 fully saturated rings. The lowest BCUT2D eigenvalue weighted by molar-refractivity contribution is -0.114. The molecule has 0 radical (unpaired) electrons. The quantitative estimate of drug-likeness (QED) is 0.649. The minimum absolute atomic E-state index is 0.129. The fourth-order valence-electron chi connectivity index (χ4n) is 3.38.